The zero-order valence-corrected chi connectivity index (χ0v) is 13.2. The normalized spacial score (nSPS) is 14.8. The van der Waals surface area contributed by atoms with Crippen molar-refractivity contribution in [3.8, 4) is 0 Å². The predicted molar refractivity (Wildman–Crippen MR) is 86.0 cm³/mol. The molecule has 116 valence electrons. The molecule has 0 radical (unpaired) electrons. The molecule has 0 amide bonds. The lowest BCUT2D eigenvalue weighted by Gasteiger charge is -2.23. The Balaban J connectivity index is 2.30. The molecule has 1 aromatic carbocycles. The van der Waals surface area contributed by atoms with Gasteiger partial charge >= 0.3 is 0 Å². The Labute approximate surface area is 126 Å². The van der Waals surface area contributed by atoms with Crippen LogP contribution in [0.1, 0.15) is 33.0 Å². The molecule has 3 nitrogen and oxygen atoms in total. The summed E-state index contributed by atoms with van der Waals surface area (Å²) < 4.78 is 16.8. The zero-order valence-electron chi connectivity index (χ0n) is 13.2. The minimum absolute atomic E-state index is 0.111. The zero-order chi connectivity index (χ0) is 15.4. The van der Waals surface area contributed by atoms with Crippen LogP contribution in [0.25, 0.3) is 11.0 Å². The smallest absolute Gasteiger partial charge is 0.112 e. The van der Waals surface area contributed by atoms with Crippen LogP contribution in [0.2, 0.25) is 0 Å². The summed E-state index contributed by atoms with van der Waals surface area (Å²) in [6, 6.07) is 8.02. The quantitative estimate of drug-likeness (QED) is 0.847. The van der Waals surface area contributed by atoms with E-state index in [-0.39, 0.29) is 11.8 Å². The van der Waals surface area contributed by atoms with Crippen molar-refractivity contribution in [2.45, 2.75) is 46.3 Å². The minimum Gasteiger partial charge on any atom is -0.330 e. The van der Waals surface area contributed by atoms with Crippen LogP contribution in [0.3, 0.4) is 0 Å². The van der Waals surface area contributed by atoms with Crippen LogP contribution < -0.4 is 5.73 Å². The first-order valence-corrected chi connectivity index (χ1v) is 7.86. The van der Waals surface area contributed by atoms with Crippen LogP contribution in [-0.4, -0.2) is 22.3 Å². The van der Waals surface area contributed by atoms with Crippen molar-refractivity contribution < 1.29 is 4.39 Å². The molecule has 1 heterocycles. The average Bonchev–Trinajstić information content (AvgIpc) is 2.77. The van der Waals surface area contributed by atoms with Gasteiger partial charge in [0.2, 0.25) is 0 Å². The summed E-state index contributed by atoms with van der Waals surface area (Å²) in [5, 5.41) is 0. The van der Waals surface area contributed by atoms with Crippen molar-refractivity contribution >= 4 is 11.0 Å². The third-order valence-corrected chi connectivity index (χ3v) is 4.15. The Morgan fingerprint density at radius 1 is 1.29 bits per heavy atom. The number of aryl methyl sites for hydroxylation is 1. The molecule has 2 atom stereocenters. The van der Waals surface area contributed by atoms with Gasteiger partial charge in [0.25, 0.3) is 0 Å². The van der Waals surface area contributed by atoms with Crippen LogP contribution in [0, 0.1) is 11.8 Å². The summed E-state index contributed by atoms with van der Waals surface area (Å²) in [6.45, 7) is 7.44. The number of halogens is 1. The van der Waals surface area contributed by atoms with Gasteiger partial charge in [0.15, 0.2) is 0 Å². The number of nitrogens with zero attached hydrogens (tertiary/aromatic N) is 2. The number of alkyl halides is 1. The molecule has 2 aromatic rings. The Kier molecular flexibility index (Phi) is 5.34. The minimum atomic E-state index is -0.942. The fourth-order valence-corrected chi connectivity index (χ4v) is 2.92. The summed E-state index contributed by atoms with van der Waals surface area (Å²) in [6.07, 6.45) is 0.409. The number of hydrogen-bond acceptors (Lipinski definition) is 2. The van der Waals surface area contributed by atoms with Crippen molar-refractivity contribution in [3.05, 3.63) is 30.1 Å². The van der Waals surface area contributed by atoms with Crippen LogP contribution in [-0.2, 0) is 13.0 Å². The molecule has 0 fully saturated rings. The summed E-state index contributed by atoms with van der Waals surface area (Å²) >= 11 is 0. The number of fused-ring (bicyclic) bond motifs is 1. The molecule has 2 unspecified atom stereocenters. The van der Waals surface area contributed by atoms with Gasteiger partial charge in [-0.05, 0) is 31.0 Å². The van der Waals surface area contributed by atoms with Crippen molar-refractivity contribution in [2.75, 3.05) is 6.54 Å². The maximum atomic E-state index is 14.6. The van der Waals surface area contributed by atoms with Crippen LogP contribution >= 0.6 is 0 Å². The van der Waals surface area contributed by atoms with Crippen molar-refractivity contribution in [3.63, 3.8) is 0 Å². The molecule has 4 heteroatoms. The number of para-hydroxylation sites is 2. The molecule has 0 aliphatic rings. The molecule has 0 aliphatic carbocycles. The lowest BCUT2D eigenvalue weighted by molar-refractivity contribution is 0.182. The fraction of sp³-hybridized carbons (Fsp3) is 0.588. The van der Waals surface area contributed by atoms with E-state index < -0.39 is 6.17 Å². The second kappa shape index (κ2) is 7.03. The molecule has 21 heavy (non-hydrogen) atoms. The van der Waals surface area contributed by atoms with Gasteiger partial charge in [0.05, 0.1) is 11.0 Å². The van der Waals surface area contributed by atoms with E-state index in [4.69, 9.17) is 5.73 Å². The van der Waals surface area contributed by atoms with Gasteiger partial charge in [0.1, 0.15) is 12.0 Å². The van der Waals surface area contributed by atoms with Gasteiger partial charge in [-0.15, -0.1) is 0 Å². The summed E-state index contributed by atoms with van der Waals surface area (Å²) in [5.74, 6) is 0.971. The maximum Gasteiger partial charge on any atom is 0.112 e. The molecule has 2 N–H and O–H groups in total. The molecule has 2 rings (SSSR count). The lowest BCUT2D eigenvalue weighted by Crippen LogP contribution is -2.31. The highest BCUT2D eigenvalue weighted by molar-refractivity contribution is 5.75. The van der Waals surface area contributed by atoms with Crippen LogP contribution in [0.5, 0.6) is 0 Å². The molecular formula is C17H26FN3. The highest BCUT2D eigenvalue weighted by atomic mass is 19.1. The van der Waals surface area contributed by atoms with Gasteiger partial charge in [-0.3, -0.25) is 0 Å². The molecular weight excluding hydrogens is 265 g/mol. The van der Waals surface area contributed by atoms with E-state index >= 15 is 0 Å². The van der Waals surface area contributed by atoms with E-state index in [1.807, 2.05) is 32.0 Å². The largest absolute Gasteiger partial charge is 0.330 e. The van der Waals surface area contributed by atoms with Crippen LogP contribution in [0.15, 0.2) is 24.3 Å². The molecule has 0 saturated heterocycles. The topological polar surface area (TPSA) is 43.8 Å². The first-order chi connectivity index (χ1) is 10.1. The molecule has 0 saturated carbocycles. The average molecular weight is 291 g/mol. The van der Waals surface area contributed by atoms with Gasteiger partial charge in [0, 0.05) is 18.9 Å². The predicted octanol–water partition coefficient (Wildman–Crippen LogP) is 3.56. The van der Waals surface area contributed by atoms with E-state index in [0.717, 1.165) is 29.8 Å². The Hall–Kier alpha value is -1.42. The monoisotopic (exact) mass is 291 g/mol. The van der Waals surface area contributed by atoms with Gasteiger partial charge in [-0.1, -0.05) is 32.9 Å². The van der Waals surface area contributed by atoms with E-state index in [9.17, 15) is 4.39 Å². The van der Waals surface area contributed by atoms with Crippen molar-refractivity contribution in [1.29, 1.82) is 0 Å². The van der Waals surface area contributed by atoms with Crippen LogP contribution in [0.4, 0.5) is 4.39 Å². The summed E-state index contributed by atoms with van der Waals surface area (Å²) in [5.41, 5.74) is 7.77. The Morgan fingerprint density at radius 3 is 2.62 bits per heavy atom. The van der Waals surface area contributed by atoms with E-state index in [1.165, 1.54) is 0 Å². The fourth-order valence-electron chi connectivity index (χ4n) is 2.92. The highest BCUT2D eigenvalue weighted by Gasteiger charge is 2.25. The first-order valence-electron chi connectivity index (χ1n) is 7.86. The van der Waals surface area contributed by atoms with Gasteiger partial charge < -0.3 is 10.3 Å². The van der Waals surface area contributed by atoms with Gasteiger partial charge in [-0.2, -0.15) is 0 Å². The van der Waals surface area contributed by atoms with E-state index in [1.54, 1.807) is 0 Å². The third-order valence-electron chi connectivity index (χ3n) is 4.15. The van der Waals surface area contributed by atoms with Gasteiger partial charge in [-0.25, -0.2) is 9.37 Å². The summed E-state index contributed by atoms with van der Waals surface area (Å²) in [4.78, 5) is 4.63. The Morgan fingerprint density at radius 2 is 2.00 bits per heavy atom. The number of nitrogens with two attached hydrogens (primary N) is 1. The number of benzene rings is 1. The number of aromatic nitrogens is 2. The number of rotatable bonds is 7. The number of hydrogen-bond donors (Lipinski definition) is 1. The molecule has 0 aliphatic heterocycles. The Bertz CT molecular complexity index is 576. The van der Waals surface area contributed by atoms with E-state index in [0.29, 0.717) is 13.0 Å². The lowest BCUT2D eigenvalue weighted by atomic mass is 9.89. The molecule has 0 spiro atoms. The third kappa shape index (κ3) is 3.43. The first kappa shape index (κ1) is 16.0. The molecule has 0 bridgehead atoms. The molecule has 1 aromatic heterocycles. The standard InChI is InChI=1S/C17H26FN3/c1-4-9-21-16-8-6-5-7-15(16)20-17(21)10-14(18)13(11-19)12(2)3/h5-8,12-14H,4,9-11,19H2,1-3H3. The second-order valence-electron chi connectivity index (χ2n) is 6.03. The van der Waals surface area contributed by atoms with Crippen molar-refractivity contribution in [1.82, 2.24) is 9.55 Å². The second-order valence-corrected chi connectivity index (χ2v) is 6.03. The number of imidazole rings is 1. The highest BCUT2D eigenvalue weighted by Crippen LogP contribution is 2.23. The van der Waals surface area contributed by atoms with E-state index in [2.05, 4.69) is 22.5 Å². The maximum absolute atomic E-state index is 14.6. The summed E-state index contributed by atoms with van der Waals surface area (Å²) in [7, 11) is 0. The van der Waals surface area contributed by atoms with Crippen molar-refractivity contribution in [2.24, 2.45) is 17.6 Å². The SMILES string of the molecule is CCCn1c(CC(F)C(CN)C(C)C)nc2ccccc21.